The van der Waals surface area contributed by atoms with Crippen molar-refractivity contribution in [2.24, 2.45) is 0 Å². The van der Waals surface area contributed by atoms with Gasteiger partial charge in [0.15, 0.2) is 37.0 Å². The maximum atomic E-state index is 12.9. The Morgan fingerprint density at radius 3 is 1.09 bits per heavy atom. The summed E-state index contributed by atoms with van der Waals surface area (Å²) in [5, 5.41) is 10.6. The van der Waals surface area contributed by atoms with E-state index in [-0.39, 0.29) is 109 Å². The number of nitrogen functional groups attached to an aromatic ring is 1. The van der Waals surface area contributed by atoms with Crippen LogP contribution in [0.3, 0.4) is 0 Å². The quantitative estimate of drug-likeness (QED) is 0.0229. The summed E-state index contributed by atoms with van der Waals surface area (Å²) in [7, 11) is 0. The highest BCUT2D eigenvalue weighted by Gasteiger charge is 2.52. The van der Waals surface area contributed by atoms with Gasteiger partial charge >= 0.3 is 35.8 Å². The van der Waals surface area contributed by atoms with Crippen molar-refractivity contribution in [3.8, 4) is 0 Å². The molecule has 2 fully saturated rings. The molecule has 4 amide bonds. The molecule has 2 aliphatic heterocycles. The van der Waals surface area contributed by atoms with Crippen LogP contribution in [-0.4, -0.2) is 213 Å². The van der Waals surface area contributed by atoms with Gasteiger partial charge in [0.1, 0.15) is 37.5 Å². The Labute approximate surface area is 443 Å². The summed E-state index contributed by atoms with van der Waals surface area (Å²) < 4.78 is 77.6. The number of hydrogen-bond donors (Lipinski definition) is 5. The molecule has 1 aromatic rings. The third-order valence-electron chi connectivity index (χ3n) is 10.4. The predicted octanol–water partition coefficient (Wildman–Crippen LogP) is -1.86. The molecule has 0 aromatic heterocycles. The van der Waals surface area contributed by atoms with Crippen molar-refractivity contribution in [1.82, 2.24) is 21.3 Å². The van der Waals surface area contributed by atoms with Gasteiger partial charge in [-0.3, -0.25) is 47.9 Å². The summed E-state index contributed by atoms with van der Waals surface area (Å²) in [6.45, 7) is 9.37. The Kier molecular flexibility index (Phi) is 28.8. The molecule has 2 aliphatic rings. The predicted molar refractivity (Wildman–Crippen MR) is 259 cm³/mol. The molecule has 1 aromatic carbocycles. The van der Waals surface area contributed by atoms with Crippen LogP contribution in [0.4, 0.5) is 5.69 Å². The molecule has 29 nitrogen and oxygen atoms in total. The maximum Gasteiger partial charge on any atom is 0.303 e. The lowest BCUT2D eigenvalue weighted by Crippen LogP contribution is -2.66. The van der Waals surface area contributed by atoms with Crippen molar-refractivity contribution in [3.63, 3.8) is 0 Å². The number of carbonyl (C=O) groups is 10. The van der Waals surface area contributed by atoms with Gasteiger partial charge in [-0.05, 0) is 18.2 Å². The Balaban J connectivity index is 1.35. The second-order valence-corrected chi connectivity index (χ2v) is 17.0. The largest absolute Gasteiger partial charge is 0.463 e. The topological polar surface area (TPSA) is 374 Å². The van der Waals surface area contributed by atoms with Gasteiger partial charge in [0.05, 0.1) is 66.1 Å². The third kappa shape index (κ3) is 24.5. The molecule has 0 spiro atoms. The van der Waals surface area contributed by atoms with E-state index in [4.69, 9.17) is 72.0 Å². The summed E-state index contributed by atoms with van der Waals surface area (Å²) >= 11 is 0. The summed E-state index contributed by atoms with van der Waals surface area (Å²) in [4.78, 5) is 121. The molecule has 29 heteroatoms. The lowest BCUT2D eigenvalue weighted by Gasteiger charge is -2.44. The molecular formula is C48H71N5O24. The smallest absolute Gasteiger partial charge is 0.303 e. The van der Waals surface area contributed by atoms with Crippen LogP contribution < -0.4 is 27.0 Å². The van der Waals surface area contributed by atoms with Crippen LogP contribution in [0.15, 0.2) is 18.2 Å². The van der Waals surface area contributed by atoms with Crippen molar-refractivity contribution in [2.45, 2.75) is 117 Å². The van der Waals surface area contributed by atoms with Crippen molar-refractivity contribution in [3.05, 3.63) is 29.3 Å². The van der Waals surface area contributed by atoms with E-state index in [1.54, 1.807) is 0 Å². The van der Waals surface area contributed by atoms with E-state index in [1.165, 1.54) is 45.9 Å². The van der Waals surface area contributed by atoms with Gasteiger partial charge in [-0.1, -0.05) is 0 Å². The van der Waals surface area contributed by atoms with Gasteiger partial charge in [0.25, 0.3) is 11.8 Å². The average Bonchev–Trinajstić information content (AvgIpc) is 3.33. The first kappa shape index (κ1) is 64.7. The second kappa shape index (κ2) is 34.2. The van der Waals surface area contributed by atoms with Crippen LogP contribution in [0, 0.1) is 0 Å². The summed E-state index contributed by atoms with van der Waals surface area (Å²) in [6, 6.07) is 1.95. The highest BCUT2D eigenvalue weighted by molar-refractivity contribution is 6.01. The van der Waals surface area contributed by atoms with Crippen LogP contribution in [0.25, 0.3) is 0 Å². The summed E-state index contributed by atoms with van der Waals surface area (Å²) in [5.74, 6) is -6.32. The fourth-order valence-corrected chi connectivity index (χ4v) is 7.55. The molecule has 6 N–H and O–H groups in total. The number of ether oxygens (including phenoxy) is 14. The number of rotatable bonds is 32. The SMILES string of the molecule is CC(=O)NC1C(OC(C)=O)[C@@H](OC(C)=O)C(COC(C)=O)O[C@H]1OCCOCCOCCNC(=O)c1cc(N)cc(C(=O)NCCOCCOCCO[C@@H]2OC(COC(C)=O)[C@H](OC(C)=O)C(OC(C)=O)C2NC(C)=O)c1. The van der Waals surface area contributed by atoms with E-state index < -0.39 is 121 Å². The van der Waals surface area contributed by atoms with Gasteiger partial charge in [0, 0.05) is 85.3 Å². The Hall–Kier alpha value is -6.60. The lowest BCUT2D eigenvalue weighted by molar-refractivity contribution is -0.279. The number of amides is 4. The highest BCUT2D eigenvalue weighted by Crippen LogP contribution is 2.29. The number of nitrogens with one attached hydrogen (secondary N) is 4. The number of carbonyl (C=O) groups excluding carboxylic acids is 10. The van der Waals surface area contributed by atoms with Crippen molar-refractivity contribution in [2.75, 3.05) is 98.1 Å². The van der Waals surface area contributed by atoms with E-state index in [1.807, 2.05) is 0 Å². The zero-order chi connectivity index (χ0) is 57.0. The molecule has 0 radical (unpaired) electrons. The average molecular weight is 1100 g/mol. The fraction of sp³-hybridized carbons (Fsp3) is 0.667. The zero-order valence-electron chi connectivity index (χ0n) is 44.3. The molecular weight excluding hydrogens is 1030 g/mol. The first-order valence-electron chi connectivity index (χ1n) is 24.4. The minimum absolute atomic E-state index is 0.0257. The molecule has 0 saturated carbocycles. The summed E-state index contributed by atoms with van der Waals surface area (Å²) in [6.07, 6.45) is -9.81. The van der Waals surface area contributed by atoms with Crippen LogP contribution >= 0.6 is 0 Å². The number of nitrogens with two attached hydrogens (primary N) is 1. The van der Waals surface area contributed by atoms with Gasteiger partial charge in [0.2, 0.25) is 11.8 Å². The van der Waals surface area contributed by atoms with Gasteiger partial charge < -0.3 is 93.3 Å². The fourth-order valence-electron chi connectivity index (χ4n) is 7.55. The highest BCUT2D eigenvalue weighted by atomic mass is 16.7. The normalized spacial score (nSPS) is 22.8. The maximum absolute atomic E-state index is 12.9. The first-order valence-corrected chi connectivity index (χ1v) is 24.4. The Morgan fingerprint density at radius 2 is 0.766 bits per heavy atom. The third-order valence-corrected chi connectivity index (χ3v) is 10.4. The molecule has 0 bridgehead atoms. The molecule has 2 saturated heterocycles. The van der Waals surface area contributed by atoms with Crippen molar-refractivity contribution in [1.29, 1.82) is 0 Å². The van der Waals surface area contributed by atoms with Crippen molar-refractivity contribution < 1.29 is 114 Å². The molecule has 432 valence electrons. The molecule has 77 heavy (non-hydrogen) atoms. The monoisotopic (exact) mass is 1100 g/mol. The van der Waals surface area contributed by atoms with Crippen LogP contribution in [-0.2, 0) is 105 Å². The Morgan fingerprint density at radius 1 is 0.442 bits per heavy atom. The van der Waals surface area contributed by atoms with Crippen LogP contribution in [0.1, 0.15) is 76.1 Å². The molecule has 10 atom stereocenters. The number of benzene rings is 1. The van der Waals surface area contributed by atoms with Crippen LogP contribution in [0.5, 0.6) is 0 Å². The number of esters is 6. The van der Waals surface area contributed by atoms with E-state index in [9.17, 15) is 47.9 Å². The van der Waals surface area contributed by atoms with E-state index in [0.29, 0.717) is 0 Å². The molecule has 0 aliphatic carbocycles. The minimum atomic E-state index is -1.27. The van der Waals surface area contributed by atoms with E-state index in [2.05, 4.69) is 21.3 Å². The van der Waals surface area contributed by atoms with Crippen LogP contribution in [0.2, 0.25) is 0 Å². The van der Waals surface area contributed by atoms with Gasteiger partial charge in [-0.2, -0.15) is 0 Å². The molecule has 6 unspecified atom stereocenters. The standard InChI is InChI=1S/C48H71N5O24/c1-26(54)52-39-43(74-32(7)60)41(72-30(5)58)37(24-70-28(3)56)76-47(39)68-19-17-66-15-13-64-11-9-50-45(62)34-21-35(23-36(49)22-34)46(63)51-10-12-65-14-16-67-18-20-69-48-40(53-27(2)55)44(75-33(8)61)42(73-31(6)59)38(77-48)25-71-29(4)57/h21-23,37-44,47-48H,9-20,24-25,49H2,1-8H3,(H,50,62)(H,51,63)(H,52,54)(H,53,55)/t37?,38?,39?,40?,41-,42-,43?,44?,47+,48+/m0/s1. The van der Waals surface area contributed by atoms with E-state index >= 15 is 0 Å². The zero-order valence-corrected chi connectivity index (χ0v) is 44.3. The number of anilines is 1. The van der Waals surface area contributed by atoms with Gasteiger partial charge in [-0.25, -0.2) is 0 Å². The van der Waals surface area contributed by atoms with Crippen molar-refractivity contribution >= 4 is 65.1 Å². The first-order chi connectivity index (χ1) is 36.6. The Bertz CT molecular complexity index is 2010. The van der Waals surface area contributed by atoms with E-state index in [0.717, 1.165) is 27.7 Å². The van der Waals surface area contributed by atoms with Gasteiger partial charge in [-0.15, -0.1) is 0 Å². The lowest BCUT2D eigenvalue weighted by atomic mass is 9.96. The summed E-state index contributed by atoms with van der Waals surface area (Å²) in [5.41, 5.74) is 6.45. The minimum Gasteiger partial charge on any atom is -0.463 e. The molecule has 3 rings (SSSR count). The number of hydrogen-bond acceptors (Lipinski definition) is 25. The second-order valence-electron chi connectivity index (χ2n) is 17.0. The molecule has 2 heterocycles.